The Morgan fingerprint density at radius 1 is 0.471 bits per heavy atom. The van der Waals surface area contributed by atoms with Gasteiger partial charge in [0.15, 0.2) is 0 Å². The standard InChI is InChI=1S/C49H37NS/c1-3-12-44-37(9-1)42-27-40(32-17-18-48-43(25-32)38-10-2-4-14-47(38)51-48)41(28-45(42)49(44)34-21-29-20-30(23-34)24-35(49)22-29)36-11-7-8-31-15-16-33(26-39(31)36)46-13-5-6-19-50-46/h1-19,25-30,34-35H,20-24H2. The van der Waals surface area contributed by atoms with E-state index < -0.39 is 0 Å². The molecule has 0 atom stereocenters. The molecule has 1 spiro atoms. The molecule has 4 saturated carbocycles. The van der Waals surface area contributed by atoms with Gasteiger partial charge in [-0.05, 0) is 160 Å². The second-order valence-corrected chi connectivity index (χ2v) is 17.0. The van der Waals surface area contributed by atoms with Crippen molar-refractivity contribution in [3.05, 3.63) is 151 Å². The van der Waals surface area contributed by atoms with Crippen LogP contribution < -0.4 is 0 Å². The molecule has 13 rings (SSSR count). The van der Waals surface area contributed by atoms with Gasteiger partial charge in [-0.25, -0.2) is 0 Å². The van der Waals surface area contributed by atoms with Crippen molar-refractivity contribution in [2.24, 2.45) is 23.7 Å². The van der Waals surface area contributed by atoms with Gasteiger partial charge >= 0.3 is 0 Å². The molecular weight excluding hydrogens is 635 g/mol. The maximum Gasteiger partial charge on any atom is 0.0702 e. The maximum atomic E-state index is 4.74. The predicted molar refractivity (Wildman–Crippen MR) is 214 cm³/mol. The molecule has 0 aliphatic heterocycles. The van der Waals surface area contributed by atoms with E-state index in [4.69, 9.17) is 4.98 Å². The van der Waals surface area contributed by atoms with Crippen molar-refractivity contribution in [2.45, 2.75) is 37.5 Å². The van der Waals surface area contributed by atoms with E-state index in [-0.39, 0.29) is 5.41 Å². The molecule has 8 aromatic rings. The average Bonchev–Trinajstić information content (AvgIpc) is 3.69. The van der Waals surface area contributed by atoms with E-state index in [1.165, 1.54) is 96.4 Å². The highest BCUT2D eigenvalue weighted by Gasteiger charge is 2.61. The van der Waals surface area contributed by atoms with E-state index >= 15 is 0 Å². The highest BCUT2D eigenvalue weighted by atomic mass is 32.1. The van der Waals surface area contributed by atoms with Crippen LogP contribution in [0.5, 0.6) is 0 Å². The third kappa shape index (κ3) is 3.95. The van der Waals surface area contributed by atoms with Crippen molar-refractivity contribution < 1.29 is 0 Å². The summed E-state index contributed by atoms with van der Waals surface area (Å²) < 4.78 is 2.71. The first-order chi connectivity index (χ1) is 25.2. The molecule has 6 aromatic carbocycles. The van der Waals surface area contributed by atoms with Crippen LogP contribution in [0.15, 0.2) is 140 Å². The summed E-state index contributed by atoms with van der Waals surface area (Å²) in [7, 11) is 0. The van der Waals surface area contributed by atoms with Crippen LogP contribution in [-0.2, 0) is 5.41 Å². The Balaban J connectivity index is 1.17. The molecule has 51 heavy (non-hydrogen) atoms. The lowest BCUT2D eigenvalue weighted by atomic mass is 9.43. The SMILES string of the molecule is c1ccc(-c2ccc3cccc(-c4cc5c(cc4-c4ccc6sc7ccccc7c6c4)-c4ccccc4C54C5CC6CC(C5)CC4C6)c3c2)nc1. The monoisotopic (exact) mass is 671 g/mol. The van der Waals surface area contributed by atoms with Crippen molar-refractivity contribution in [2.75, 3.05) is 0 Å². The first-order valence-corrected chi connectivity index (χ1v) is 19.7. The molecule has 4 bridgehead atoms. The first-order valence-electron chi connectivity index (χ1n) is 18.9. The van der Waals surface area contributed by atoms with E-state index in [1.54, 1.807) is 11.1 Å². The lowest BCUT2D eigenvalue weighted by molar-refractivity contribution is -0.0399. The van der Waals surface area contributed by atoms with Crippen LogP contribution in [0.1, 0.15) is 43.2 Å². The Hall–Kier alpha value is -5.05. The zero-order chi connectivity index (χ0) is 33.3. The fourth-order valence-corrected chi connectivity index (χ4v) is 12.8. The molecule has 2 heteroatoms. The quantitative estimate of drug-likeness (QED) is 0.182. The van der Waals surface area contributed by atoms with Gasteiger partial charge < -0.3 is 0 Å². The highest BCUT2D eigenvalue weighted by Crippen LogP contribution is 2.70. The fraction of sp³-hybridized carbons (Fsp3) is 0.204. The van der Waals surface area contributed by atoms with E-state index in [0.717, 1.165) is 34.9 Å². The Morgan fingerprint density at radius 3 is 2.08 bits per heavy atom. The van der Waals surface area contributed by atoms with Crippen LogP contribution >= 0.6 is 11.3 Å². The van der Waals surface area contributed by atoms with Gasteiger partial charge in [-0.15, -0.1) is 11.3 Å². The minimum Gasteiger partial charge on any atom is -0.256 e. The molecule has 0 unspecified atom stereocenters. The molecule has 1 nitrogen and oxygen atoms in total. The average molecular weight is 672 g/mol. The fourth-order valence-electron chi connectivity index (χ4n) is 11.8. The summed E-state index contributed by atoms with van der Waals surface area (Å²) in [6.45, 7) is 0. The van der Waals surface area contributed by atoms with E-state index in [1.807, 2.05) is 23.6 Å². The second-order valence-electron chi connectivity index (χ2n) is 15.9. The molecule has 0 saturated heterocycles. The molecular formula is C49H37NS. The van der Waals surface area contributed by atoms with Gasteiger partial charge in [0.2, 0.25) is 0 Å². The van der Waals surface area contributed by atoms with Crippen molar-refractivity contribution in [3.8, 4) is 44.6 Å². The van der Waals surface area contributed by atoms with Gasteiger partial charge in [-0.3, -0.25) is 4.98 Å². The highest BCUT2D eigenvalue weighted by molar-refractivity contribution is 7.25. The molecule has 5 aliphatic carbocycles. The molecule has 0 radical (unpaired) electrons. The third-order valence-corrected chi connectivity index (χ3v) is 14.7. The lowest BCUT2D eigenvalue weighted by Crippen LogP contribution is -2.55. The van der Waals surface area contributed by atoms with Crippen molar-refractivity contribution in [3.63, 3.8) is 0 Å². The van der Waals surface area contributed by atoms with Gasteiger partial charge in [0.25, 0.3) is 0 Å². The molecule has 0 amide bonds. The molecule has 2 heterocycles. The smallest absolute Gasteiger partial charge is 0.0702 e. The van der Waals surface area contributed by atoms with Crippen molar-refractivity contribution >= 4 is 42.3 Å². The number of thiophene rings is 1. The topological polar surface area (TPSA) is 12.9 Å². The molecule has 244 valence electrons. The number of aromatic nitrogens is 1. The number of rotatable bonds is 3. The number of fused-ring (bicyclic) bond motifs is 7. The predicted octanol–water partition coefficient (Wildman–Crippen LogP) is 13.3. The zero-order valence-corrected chi connectivity index (χ0v) is 29.3. The van der Waals surface area contributed by atoms with E-state index in [9.17, 15) is 0 Å². The Morgan fingerprint density at radius 2 is 1.22 bits per heavy atom. The van der Waals surface area contributed by atoms with E-state index in [2.05, 4.69) is 127 Å². The molecule has 0 N–H and O–H groups in total. The second kappa shape index (κ2) is 10.5. The number of benzene rings is 6. The minimum absolute atomic E-state index is 0.115. The molecule has 2 aromatic heterocycles. The van der Waals surface area contributed by atoms with Gasteiger partial charge in [0.1, 0.15) is 0 Å². The summed E-state index contributed by atoms with van der Waals surface area (Å²) in [5.74, 6) is 3.30. The zero-order valence-electron chi connectivity index (χ0n) is 28.5. The summed E-state index contributed by atoms with van der Waals surface area (Å²) >= 11 is 1.90. The van der Waals surface area contributed by atoms with Crippen LogP contribution in [0.3, 0.4) is 0 Å². The van der Waals surface area contributed by atoms with Crippen molar-refractivity contribution in [1.29, 1.82) is 0 Å². The van der Waals surface area contributed by atoms with Gasteiger partial charge in [-0.1, -0.05) is 84.9 Å². The van der Waals surface area contributed by atoms with Crippen LogP contribution in [0.2, 0.25) is 0 Å². The summed E-state index contributed by atoms with van der Waals surface area (Å²) in [5.41, 5.74) is 13.8. The summed E-state index contributed by atoms with van der Waals surface area (Å²) in [6, 6.07) is 51.0. The van der Waals surface area contributed by atoms with Gasteiger partial charge in [0.05, 0.1) is 5.69 Å². The lowest BCUT2D eigenvalue weighted by Gasteiger charge is -2.61. The summed E-state index contributed by atoms with van der Waals surface area (Å²) in [5, 5.41) is 5.27. The summed E-state index contributed by atoms with van der Waals surface area (Å²) in [4.78, 5) is 4.74. The Kier molecular flexibility index (Phi) is 5.89. The Bertz CT molecular complexity index is 2690. The van der Waals surface area contributed by atoms with E-state index in [0.29, 0.717) is 0 Å². The number of hydrogen-bond donors (Lipinski definition) is 0. The number of nitrogens with zero attached hydrogens (tertiary/aromatic N) is 1. The van der Waals surface area contributed by atoms with Gasteiger partial charge in [0, 0.05) is 37.3 Å². The normalized spacial score (nSPS) is 24.2. The maximum absolute atomic E-state index is 4.74. The minimum atomic E-state index is 0.115. The third-order valence-electron chi connectivity index (χ3n) is 13.5. The largest absolute Gasteiger partial charge is 0.256 e. The molecule has 4 fully saturated rings. The van der Waals surface area contributed by atoms with Crippen LogP contribution in [0.25, 0.3) is 75.6 Å². The van der Waals surface area contributed by atoms with Crippen LogP contribution in [0, 0.1) is 23.7 Å². The van der Waals surface area contributed by atoms with Gasteiger partial charge in [-0.2, -0.15) is 0 Å². The first kappa shape index (κ1) is 28.6. The number of pyridine rings is 1. The number of hydrogen-bond acceptors (Lipinski definition) is 2. The summed E-state index contributed by atoms with van der Waals surface area (Å²) in [6.07, 6.45) is 8.93. The Labute approximate surface area is 302 Å². The molecule has 5 aliphatic rings. The van der Waals surface area contributed by atoms with Crippen molar-refractivity contribution in [1.82, 2.24) is 4.98 Å². The van der Waals surface area contributed by atoms with Crippen LogP contribution in [-0.4, -0.2) is 4.98 Å². The van der Waals surface area contributed by atoms with Crippen LogP contribution in [0.4, 0.5) is 0 Å².